The topological polar surface area (TPSA) is 72.5 Å². The molecule has 19 heavy (non-hydrogen) atoms. The van der Waals surface area contributed by atoms with E-state index < -0.39 is 21.6 Å². The fourth-order valence-electron chi connectivity index (χ4n) is 1.88. The molecule has 0 spiro atoms. The minimum absolute atomic E-state index is 0.0291. The molecule has 1 aliphatic rings. The van der Waals surface area contributed by atoms with Crippen LogP contribution in [-0.4, -0.2) is 38.5 Å². The van der Waals surface area contributed by atoms with Gasteiger partial charge in [0.25, 0.3) is 5.91 Å². The van der Waals surface area contributed by atoms with Gasteiger partial charge in [-0.25, -0.2) is 12.8 Å². The van der Waals surface area contributed by atoms with Gasteiger partial charge in [0.1, 0.15) is 11.6 Å². The second-order valence-corrected chi connectivity index (χ2v) is 6.64. The van der Waals surface area contributed by atoms with Gasteiger partial charge in [-0.3, -0.25) is 4.79 Å². The van der Waals surface area contributed by atoms with Gasteiger partial charge in [-0.15, -0.1) is 0 Å². The molecule has 1 heterocycles. The number of amides is 1. The van der Waals surface area contributed by atoms with Crippen molar-refractivity contribution in [3.8, 4) is 5.75 Å². The van der Waals surface area contributed by atoms with E-state index in [0.717, 1.165) is 0 Å². The Kier molecular flexibility index (Phi) is 4.04. The molecule has 0 aliphatic carbocycles. The molecule has 5 nitrogen and oxygen atoms in total. The maximum atomic E-state index is 12.9. The van der Waals surface area contributed by atoms with E-state index in [2.05, 4.69) is 5.32 Å². The Morgan fingerprint density at radius 3 is 2.89 bits per heavy atom. The Morgan fingerprint density at radius 2 is 2.26 bits per heavy atom. The van der Waals surface area contributed by atoms with Crippen molar-refractivity contribution in [2.45, 2.75) is 12.5 Å². The molecule has 2 rings (SSSR count). The van der Waals surface area contributed by atoms with Crippen molar-refractivity contribution < 1.29 is 22.3 Å². The number of halogens is 1. The number of ether oxygens (including phenoxy) is 1. The highest BCUT2D eigenvalue weighted by Gasteiger charge is 2.28. The smallest absolute Gasteiger partial charge is 0.258 e. The molecule has 1 amide bonds. The van der Waals surface area contributed by atoms with E-state index in [0.29, 0.717) is 6.42 Å². The van der Waals surface area contributed by atoms with Crippen molar-refractivity contribution in [3.63, 3.8) is 0 Å². The lowest BCUT2D eigenvalue weighted by Gasteiger charge is -2.11. The van der Waals surface area contributed by atoms with Crippen LogP contribution in [0.15, 0.2) is 24.3 Å². The highest BCUT2D eigenvalue weighted by molar-refractivity contribution is 7.91. The zero-order chi connectivity index (χ0) is 13.9. The van der Waals surface area contributed by atoms with Gasteiger partial charge in [0, 0.05) is 12.1 Å². The van der Waals surface area contributed by atoms with Gasteiger partial charge in [-0.2, -0.15) is 0 Å². The first-order valence-corrected chi connectivity index (χ1v) is 7.65. The van der Waals surface area contributed by atoms with E-state index in [1.54, 1.807) is 0 Å². The second-order valence-electron chi connectivity index (χ2n) is 4.41. The molecule has 0 bridgehead atoms. The predicted octanol–water partition coefficient (Wildman–Crippen LogP) is 0.508. The maximum absolute atomic E-state index is 12.9. The van der Waals surface area contributed by atoms with Crippen LogP contribution in [0, 0.1) is 5.82 Å². The third-order valence-corrected chi connectivity index (χ3v) is 4.53. The van der Waals surface area contributed by atoms with Crippen molar-refractivity contribution in [2.24, 2.45) is 0 Å². The minimum atomic E-state index is -3.02. The molecule has 1 aromatic rings. The summed E-state index contributed by atoms with van der Waals surface area (Å²) in [4.78, 5) is 11.5. The van der Waals surface area contributed by atoms with Gasteiger partial charge in [-0.05, 0) is 18.6 Å². The van der Waals surface area contributed by atoms with E-state index >= 15 is 0 Å². The summed E-state index contributed by atoms with van der Waals surface area (Å²) >= 11 is 0. The van der Waals surface area contributed by atoms with Crippen molar-refractivity contribution in [2.75, 3.05) is 18.1 Å². The number of sulfone groups is 1. The summed E-state index contributed by atoms with van der Waals surface area (Å²) in [6.45, 7) is -0.264. The predicted molar refractivity (Wildman–Crippen MR) is 67.1 cm³/mol. The zero-order valence-electron chi connectivity index (χ0n) is 10.1. The lowest BCUT2D eigenvalue weighted by atomic mass is 10.2. The van der Waals surface area contributed by atoms with Crippen molar-refractivity contribution in [1.82, 2.24) is 5.32 Å². The Balaban J connectivity index is 1.79. The van der Waals surface area contributed by atoms with E-state index in [-0.39, 0.29) is 29.9 Å². The molecule has 0 radical (unpaired) electrons. The van der Waals surface area contributed by atoms with Crippen LogP contribution < -0.4 is 10.1 Å². The zero-order valence-corrected chi connectivity index (χ0v) is 11.0. The van der Waals surface area contributed by atoms with Crippen LogP contribution in [0.25, 0.3) is 0 Å². The average Bonchev–Trinajstić information content (AvgIpc) is 2.66. The number of benzene rings is 1. The van der Waals surface area contributed by atoms with Gasteiger partial charge in [0.15, 0.2) is 16.4 Å². The largest absolute Gasteiger partial charge is 0.484 e. The van der Waals surface area contributed by atoms with E-state index in [1.165, 1.54) is 24.3 Å². The summed E-state index contributed by atoms with van der Waals surface area (Å²) in [5.74, 6) is -0.526. The molecule has 0 saturated carbocycles. The highest BCUT2D eigenvalue weighted by Crippen LogP contribution is 2.13. The van der Waals surface area contributed by atoms with Crippen molar-refractivity contribution >= 4 is 15.7 Å². The van der Waals surface area contributed by atoms with Crippen molar-refractivity contribution in [3.05, 3.63) is 30.1 Å². The number of rotatable bonds is 4. The van der Waals surface area contributed by atoms with Crippen LogP contribution in [0.4, 0.5) is 4.39 Å². The van der Waals surface area contributed by atoms with Gasteiger partial charge in [0.2, 0.25) is 0 Å². The summed E-state index contributed by atoms with van der Waals surface area (Å²) in [5, 5.41) is 2.58. The first kappa shape index (κ1) is 13.8. The second kappa shape index (κ2) is 5.56. The first-order valence-electron chi connectivity index (χ1n) is 5.83. The highest BCUT2D eigenvalue weighted by atomic mass is 32.2. The van der Waals surface area contributed by atoms with Crippen LogP contribution in [0.5, 0.6) is 5.75 Å². The number of nitrogens with one attached hydrogen (secondary N) is 1. The molecule has 1 unspecified atom stereocenters. The lowest BCUT2D eigenvalue weighted by molar-refractivity contribution is -0.123. The van der Waals surface area contributed by atoms with Gasteiger partial charge in [0.05, 0.1) is 11.5 Å². The minimum Gasteiger partial charge on any atom is -0.484 e. The Labute approximate surface area is 110 Å². The standard InChI is InChI=1S/C12H14FNO4S/c13-9-2-1-3-11(6-9)18-7-12(15)14-10-4-5-19(16,17)8-10/h1-3,6,10H,4-5,7-8H2,(H,14,15). The number of carbonyl (C=O) groups excluding carboxylic acids is 1. The van der Waals surface area contributed by atoms with Gasteiger partial charge < -0.3 is 10.1 Å². The molecule has 7 heteroatoms. The summed E-state index contributed by atoms with van der Waals surface area (Å²) in [6, 6.07) is 5.11. The molecule has 1 saturated heterocycles. The first-order chi connectivity index (χ1) is 8.94. The molecule has 1 aliphatic heterocycles. The van der Waals surface area contributed by atoms with E-state index in [1.807, 2.05) is 0 Å². The molecular weight excluding hydrogens is 273 g/mol. The Hall–Kier alpha value is -1.63. The average molecular weight is 287 g/mol. The maximum Gasteiger partial charge on any atom is 0.258 e. The van der Waals surface area contributed by atoms with Crippen LogP contribution >= 0.6 is 0 Å². The monoisotopic (exact) mass is 287 g/mol. The van der Waals surface area contributed by atoms with Crippen LogP contribution in [0.2, 0.25) is 0 Å². The molecule has 1 aromatic carbocycles. The normalized spacial score (nSPS) is 21.0. The van der Waals surface area contributed by atoms with E-state index in [9.17, 15) is 17.6 Å². The lowest BCUT2D eigenvalue weighted by Crippen LogP contribution is -2.38. The summed E-state index contributed by atoms with van der Waals surface area (Å²) < 4.78 is 40.4. The molecule has 1 fully saturated rings. The number of carbonyl (C=O) groups is 1. The van der Waals surface area contributed by atoms with Gasteiger partial charge >= 0.3 is 0 Å². The van der Waals surface area contributed by atoms with Crippen LogP contribution in [0.1, 0.15) is 6.42 Å². The third kappa shape index (κ3) is 4.20. The summed E-state index contributed by atoms with van der Waals surface area (Å²) in [7, 11) is -3.02. The van der Waals surface area contributed by atoms with Crippen molar-refractivity contribution in [1.29, 1.82) is 0 Å². The molecule has 1 atom stereocenters. The van der Waals surface area contributed by atoms with Crippen LogP contribution in [-0.2, 0) is 14.6 Å². The van der Waals surface area contributed by atoms with Crippen LogP contribution in [0.3, 0.4) is 0 Å². The Bertz CT molecular complexity index is 573. The molecule has 1 N–H and O–H groups in total. The fraction of sp³-hybridized carbons (Fsp3) is 0.417. The summed E-state index contributed by atoms with van der Waals surface area (Å²) in [6.07, 6.45) is 0.425. The quantitative estimate of drug-likeness (QED) is 0.875. The third-order valence-electron chi connectivity index (χ3n) is 2.76. The number of hydrogen-bond acceptors (Lipinski definition) is 4. The Morgan fingerprint density at radius 1 is 1.47 bits per heavy atom. The van der Waals surface area contributed by atoms with E-state index in [4.69, 9.17) is 4.74 Å². The fourth-order valence-corrected chi connectivity index (χ4v) is 3.56. The molecule has 104 valence electrons. The molecule has 0 aromatic heterocycles. The van der Waals surface area contributed by atoms with Gasteiger partial charge in [-0.1, -0.05) is 6.07 Å². The number of hydrogen-bond donors (Lipinski definition) is 1. The summed E-state index contributed by atoms with van der Waals surface area (Å²) in [5.41, 5.74) is 0. The molecular formula is C12H14FNO4S. The SMILES string of the molecule is O=C(COc1cccc(F)c1)NC1CCS(=O)(=O)C1.